The van der Waals surface area contributed by atoms with Gasteiger partial charge in [-0.1, -0.05) is 30.3 Å². The molecule has 1 heterocycles. The number of carbonyl (C=O) groups excluding carboxylic acids is 1. The van der Waals surface area contributed by atoms with Crippen LogP contribution in [0.1, 0.15) is 32.3 Å². The van der Waals surface area contributed by atoms with Gasteiger partial charge in [-0.2, -0.15) is 0 Å². The van der Waals surface area contributed by atoms with Crippen molar-refractivity contribution in [1.29, 1.82) is 0 Å². The molecule has 4 nitrogen and oxygen atoms in total. The highest BCUT2D eigenvalue weighted by Gasteiger charge is 2.41. The van der Waals surface area contributed by atoms with E-state index in [1.807, 2.05) is 30.3 Å². The lowest BCUT2D eigenvalue weighted by Crippen LogP contribution is -2.46. The van der Waals surface area contributed by atoms with Gasteiger partial charge in [-0.15, -0.1) is 0 Å². The molecule has 0 bridgehead atoms. The normalized spacial score (nSPS) is 18.6. The van der Waals surface area contributed by atoms with Gasteiger partial charge >= 0.3 is 5.97 Å². The third-order valence-electron chi connectivity index (χ3n) is 3.95. The van der Waals surface area contributed by atoms with Crippen LogP contribution in [0.5, 0.6) is 0 Å². The molecule has 1 saturated heterocycles. The molecule has 20 heavy (non-hydrogen) atoms. The fourth-order valence-corrected chi connectivity index (χ4v) is 2.40. The van der Waals surface area contributed by atoms with E-state index < -0.39 is 11.0 Å². The summed E-state index contributed by atoms with van der Waals surface area (Å²) in [7, 11) is 0. The van der Waals surface area contributed by atoms with Gasteiger partial charge in [-0.05, 0) is 32.5 Å². The number of aliphatic hydroxyl groups is 1. The average Bonchev–Trinajstić information content (AvgIpc) is 2.49. The van der Waals surface area contributed by atoms with E-state index in [1.54, 1.807) is 13.8 Å². The smallest absolute Gasteiger partial charge is 0.314 e. The molecule has 1 aliphatic heterocycles. The first-order valence-electron chi connectivity index (χ1n) is 7.11. The lowest BCUT2D eigenvalue weighted by Gasteiger charge is -2.39. The Morgan fingerprint density at radius 1 is 1.30 bits per heavy atom. The highest BCUT2D eigenvalue weighted by Crippen LogP contribution is 2.36. The van der Waals surface area contributed by atoms with Crippen LogP contribution >= 0.6 is 0 Å². The molecule has 1 aliphatic rings. The van der Waals surface area contributed by atoms with Crippen LogP contribution in [-0.2, 0) is 15.1 Å². The van der Waals surface area contributed by atoms with Crippen molar-refractivity contribution in [2.45, 2.75) is 32.3 Å². The number of nitrogens with one attached hydrogen (secondary N) is 1. The molecule has 0 atom stereocenters. The molecule has 0 saturated carbocycles. The molecule has 1 fully saturated rings. The quantitative estimate of drug-likeness (QED) is 0.824. The number of benzene rings is 1. The molecule has 2 N–H and O–H groups in total. The zero-order valence-corrected chi connectivity index (χ0v) is 12.2. The van der Waals surface area contributed by atoms with Crippen molar-refractivity contribution in [3.63, 3.8) is 0 Å². The van der Waals surface area contributed by atoms with Crippen LogP contribution in [0.3, 0.4) is 0 Å². The SMILES string of the molecule is CC(C)(CO)C(=O)OC1(c2ccccc2)CCNCC1. The summed E-state index contributed by atoms with van der Waals surface area (Å²) in [6.45, 7) is 4.84. The Hall–Kier alpha value is -1.39. The van der Waals surface area contributed by atoms with Crippen LogP contribution in [-0.4, -0.2) is 30.8 Å². The number of rotatable bonds is 4. The minimum Gasteiger partial charge on any atom is -0.454 e. The highest BCUT2D eigenvalue weighted by atomic mass is 16.6. The minimum atomic E-state index is -0.868. The maximum absolute atomic E-state index is 12.3. The largest absolute Gasteiger partial charge is 0.454 e. The maximum atomic E-state index is 12.3. The summed E-state index contributed by atoms with van der Waals surface area (Å²) in [5, 5.41) is 12.6. The molecule has 1 aromatic rings. The zero-order chi connectivity index (χ0) is 14.6. The van der Waals surface area contributed by atoms with Crippen LogP contribution in [0.15, 0.2) is 30.3 Å². The minimum absolute atomic E-state index is 0.213. The van der Waals surface area contributed by atoms with E-state index >= 15 is 0 Å². The van der Waals surface area contributed by atoms with Gasteiger partial charge in [0.1, 0.15) is 5.60 Å². The third kappa shape index (κ3) is 3.02. The first kappa shape index (κ1) is 15.0. The molecule has 0 aromatic heterocycles. The summed E-state index contributed by atoms with van der Waals surface area (Å²) < 4.78 is 5.88. The lowest BCUT2D eigenvalue weighted by atomic mass is 9.84. The van der Waals surface area contributed by atoms with E-state index in [1.165, 1.54) is 0 Å². The molecule has 0 aliphatic carbocycles. The van der Waals surface area contributed by atoms with Crippen LogP contribution in [0.4, 0.5) is 0 Å². The van der Waals surface area contributed by atoms with Crippen molar-refractivity contribution in [2.75, 3.05) is 19.7 Å². The summed E-state index contributed by atoms with van der Waals surface area (Å²) in [6, 6.07) is 9.89. The van der Waals surface area contributed by atoms with E-state index in [4.69, 9.17) is 4.74 Å². The molecular formula is C16H23NO3. The predicted molar refractivity (Wildman–Crippen MR) is 77.2 cm³/mol. The Kier molecular flexibility index (Phi) is 4.45. The van der Waals surface area contributed by atoms with E-state index in [-0.39, 0.29) is 12.6 Å². The van der Waals surface area contributed by atoms with E-state index in [2.05, 4.69) is 5.32 Å². The van der Waals surface area contributed by atoms with Gasteiger partial charge in [-0.25, -0.2) is 0 Å². The van der Waals surface area contributed by atoms with Crippen molar-refractivity contribution >= 4 is 5.97 Å². The number of hydrogen-bond donors (Lipinski definition) is 2. The van der Waals surface area contributed by atoms with Crippen molar-refractivity contribution in [1.82, 2.24) is 5.32 Å². The molecule has 1 aromatic carbocycles. The summed E-state index contributed by atoms with van der Waals surface area (Å²) in [5.41, 5.74) is -0.411. The number of esters is 1. The highest BCUT2D eigenvalue weighted by molar-refractivity contribution is 5.76. The van der Waals surface area contributed by atoms with Crippen molar-refractivity contribution in [3.8, 4) is 0 Å². The summed E-state index contributed by atoms with van der Waals surface area (Å²) in [5.74, 6) is -0.342. The second kappa shape index (κ2) is 5.94. The van der Waals surface area contributed by atoms with Crippen molar-refractivity contribution in [3.05, 3.63) is 35.9 Å². The molecule has 110 valence electrons. The summed E-state index contributed by atoms with van der Waals surface area (Å²) >= 11 is 0. The van der Waals surface area contributed by atoms with Gasteiger partial charge < -0.3 is 15.2 Å². The Balaban J connectivity index is 2.27. The van der Waals surface area contributed by atoms with E-state index in [9.17, 15) is 9.90 Å². The third-order valence-corrected chi connectivity index (χ3v) is 3.95. The summed E-state index contributed by atoms with van der Waals surface area (Å²) in [4.78, 5) is 12.3. The topological polar surface area (TPSA) is 58.6 Å². The van der Waals surface area contributed by atoms with Crippen LogP contribution in [0.2, 0.25) is 0 Å². The number of hydrogen-bond acceptors (Lipinski definition) is 4. The number of aliphatic hydroxyl groups excluding tert-OH is 1. The monoisotopic (exact) mass is 277 g/mol. The summed E-state index contributed by atoms with van der Waals surface area (Å²) in [6.07, 6.45) is 1.51. The van der Waals surface area contributed by atoms with Crippen molar-refractivity contribution in [2.24, 2.45) is 5.41 Å². The fourth-order valence-electron chi connectivity index (χ4n) is 2.40. The van der Waals surface area contributed by atoms with Gasteiger partial charge in [0.2, 0.25) is 0 Å². The molecule has 2 rings (SSSR count). The van der Waals surface area contributed by atoms with Gasteiger partial charge in [-0.3, -0.25) is 4.79 Å². The first-order valence-corrected chi connectivity index (χ1v) is 7.11. The van der Waals surface area contributed by atoms with Gasteiger partial charge in [0.05, 0.1) is 12.0 Å². The maximum Gasteiger partial charge on any atom is 0.314 e. The number of carbonyl (C=O) groups is 1. The lowest BCUT2D eigenvalue weighted by molar-refractivity contribution is -0.177. The van der Waals surface area contributed by atoms with Crippen LogP contribution in [0.25, 0.3) is 0 Å². The number of ether oxygens (including phenoxy) is 1. The molecule has 0 spiro atoms. The molecule has 0 amide bonds. The van der Waals surface area contributed by atoms with Gasteiger partial charge in [0.25, 0.3) is 0 Å². The zero-order valence-electron chi connectivity index (χ0n) is 12.2. The Bertz CT molecular complexity index is 450. The Labute approximate surface area is 120 Å². The molecular weight excluding hydrogens is 254 g/mol. The van der Waals surface area contributed by atoms with E-state index in [0.717, 1.165) is 31.5 Å². The van der Waals surface area contributed by atoms with E-state index in [0.29, 0.717) is 0 Å². The Morgan fingerprint density at radius 2 is 1.90 bits per heavy atom. The van der Waals surface area contributed by atoms with Crippen molar-refractivity contribution < 1.29 is 14.6 Å². The second-order valence-electron chi connectivity index (χ2n) is 6.04. The second-order valence-corrected chi connectivity index (χ2v) is 6.04. The fraction of sp³-hybridized carbons (Fsp3) is 0.562. The van der Waals surface area contributed by atoms with Crippen LogP contribution in [0, 0.1) is 5.41 Å². The Morgan fingerprint density at radius 3 is 2.45 bits per heavy atom. The molecule has 0 radical (unpaired) electrons. The van der Waals surface area contributed by atoms with Gasteiger partial charge in [0.15, 0.2) is 0 Å². The number of piperidine rings is 1. The molecule has 4 heteroatoms. The van der Waals surface area contributed by atoms with Gasteiger partial charge in [0, 0.05) is 12.8 Å². The standard InChI is InChI=1S/C16H23NO3/c1-15(2,12-18)14(19)20-16(8-10-17-11-9-16)13-6-4-3-5-7-13/h3-7,17-18H,8-12H2,1-2H3. The molecule has 0 unspecified atom stereocenters. The predicted octanol–water partition coefficient (Wildman–Crippen LogP) is 1.83. The first-order chi connectivity index (χ1) is 9.50. The van der Waals surface area contributed by atoms with Crippen LogP contribution < -0.4 is 5.32 Å². The average molecular weight is 277 g/mol.